The van der Waals surface area contributed by atoms with E-state index in [0.717, 1.165) is 36.4 Å². The number of amides is 1. The maximum Gasteiger partial charge on any atom is 0.227 e. The Morgan fingerprint density at radius 3 is 2.69 bits per heavy atom. The number of carbonyl (C=O) groups is 1. The molecule has 140 valence electrons. The molecule has 0 spiro atoms. The summed E-state index contributed by atoms with van der Waals surface area (Å²) in [6.45, 7) is 4.90. The normalized spacial score (nSPS) is 17.0. The molecule has 1 aromatic heterocycles. The van der Waals surface area contributed by atoms with Crippen LogP contribution in [0.15, 0.2) is 28.8 Å². The first kappa shape index (κ1) is 18.3. The molecule has 0 radical (unpaired) electrons. The van der Waals surface area contributed by atoms with Crippen molar-refractivity contribution < 1.29 is 18.8 Å². The fourth-order valence-electron chi connectivity index (χ4n) is 3.36. The topological polar surface area (TPSA) is 64.8 Å². The summed E-state index contributed by atoms with van der Waals surface area (Å²) in [6.07, 6.45) is 2.20. The van der Waals surface area contributed by atoms with Crippen LogP contribution >= 0.6 is 0 Å². The number of hydrogen-bond acceptors (Lipinski definition) is 5. The highest BCUT2D eigenvalue weighted by Crippen LogP contribution is 2.34. The second kappa shape index (κ2) is 7.81. The summed E-state index contributed by atoms with van der Waals surface area (Å²) in [4.78, 5) is 14.8. The third-order valence-electron chi connectivity index (χ3n) is 4.84. The second-order valence-corrected chi connectivity index (χ2v) is 6.92. The maximum absolute atomic E-state index is 12.9. The molecule has 1 unspecified atom stereocenters. The van der Waals surface area contributed by atoms with Crippen molar-refractivity contribution in [2.45, 2.75) is 45.1 Å². The van der Waals surface area contributed by atoms with Crippen molar-refractivity contribution in [1.29, 1.82) is 0 Å². The molecule has 1 saturated heterocycles. The highest BCUT2D eigenvalue weighted by molar-refractivity contribution is 5.79. The lowest BCUT2D eigenvalue weighted by molar-refractivity contribution is -0.131. The van der Waals surface area contributed by atoms with Gasteiger partial charge < -0.3 is 18.9 Å². The summed E-state index contributed by atoms with van der Waals surface area (Å²) >= 11 is 0. The molecule has 1 fully saturated rings. The van der Waals surface area contributed by atoms with Gasteiger partial charge in [0, 0.05) is 12.6 Å². The van der Waals surface area contributed by atoms with Gasteiger partial charge in [-0.2, -0.15) is 0 Å². The minimum absolute atomic E-state index is 0.0253. The fraction of sp³-hybridized carbons (Fsp3) is 0.500. The van der Waals surface area contributed by atoms with Crippen molar-refractivity contribution in [3.8, 4) is 11.5 Å². The van der Waals surface area contributed by atoms with Crippen molar-refractivity contribution in [1.82, 2.24) is 10.1 Å². The second-order valence-electron chi connectivity index (χ2n) is 6.92. The molecule has 2 aromatic rings. The molecule has 1 aliphatic heterocycles. The van der Waals surface area contributed by atoms with Crippen LogP contribution in [-0.4, -0.2) is 36.7 Å². The van der Waals surface area contributed by atoms with Gasteiger partial charge in [-0.1, -0.05) is 25.1 Å². The van der Waals surface area contributed by atoms with Crippen molar-refractivity contribution in [3.63, 3.8) is 0 Å². The van der Waals surface area contributed by atoms with E-state index in [-0.39, 0.29) is 11.9 Å². The van der Waals surface area contributed by atoms with Crippen LogP contribution in [0.5, 0.6) is 11.5 Å². The first-order valence-corrected chi connectivity index (χ1v) is 9.00. The van der Waals surface area contributed by atoms with Gasteiger partial charge in [0.1, 0.15) is 0 Å². The summed E-state index contributed by atoms with van der Waals surface area (Å²) in [5.41, 5.74) is 1.83. The third kappa shape index (κ3) is 3.69. The van der Waals surface area contributed by atoms with Gasteiger partial charge in [0.15, 0.2) is 17.3 Å². The Balaban J connectivity index is 1.74. The van der Waals surface area contributed by atoms with Gasteiger partial charge in [-0.25, -0.2) is 0 Å². The average molecular weight is 358 g/mol. The summed E-state index contributed by atoms with van der Waals surface area (Å²) < 4.78 is 16.1. The Labute approximate surface area is 154 Å². The zero-order valence-electron chi connectivity index (χ0n) is 15.8. The summed E-state index contributed by atoms with van der Waals surface area (Å²) in [7, 11) is 3.19. The Morgan fingerprint density at radius 2 is 2.04 bits per heavy atom. The zero-order chi connectivity index (χ0) is 18.7. The van der Waals surface area contributed by atoms with E-state index < -0.39 is 0 Å². The van der Waals surface area contributed by atoms with E-state index in [9.17, 15) is 4.79 Å². The standard InChI is InChI=1S/C20H26N2O4/c1-13(2)15-12-18(26-21-15)16-6-5-9-22(16)20(23)11-14-7-8-17(24-3)19(10-14)25-4/h7-8,10,12-13,16H,5-6,9,11H2,1-4H3. The van der Waals surface area contributed by atoms with Crippen molar-refractivity contribution in [3.05, 3.63) is 41.3 Å². The van der Waals surface area contributed by atoms with E-state index in [1.807, 2.05) is 29.2 Å². The predicted molar refractivity (Wildman–Crippen MR) is 97.5 cm³/mol. The van der Waals surface area contributed by atoms with Gasteiger partial charge in [0.25, 0.3) is 0 Å². The first-order chi connectivity index (χ1) is 12.5. The van der Waals surface area contributed by atoms with Gasteiger partial charge in [-0.05, 0) is 36.5 Å². The minimum Gasteiger partial charge on any atom is -0.493 e. The molecule has 1 amide bonds. The van der Waals surface area contributed by atoms with Crippen LogP contribution in [0.1, 0.15) is 55.7 Å². The number of aromatic nitrogens is 1. The Kier molecular flexibility index (Phi) is 5.49. The third-order valence-corrected chi connectivity index (χ3v) is 4.84. The molecule has 0 aliphatic carbocycles. The number of nitrogens with zero attached hydrogens (tertiary/aromatic N) is 2. The minimum atomic E-state index is -0.0253. The van der Waals surface area contributed by atoms with E-state index in [1.165, 1.54) is 0 Å². The lowest BCUT2D eigenvalue weighted by Crippen LogP contribution is -2.31. The van der Waals surface area contributed by atoms with Gasteiger partial charge >= 0.3 is 0 Å². The highest BCUT2D eigenvalue weighted by atomic mass is 16.5. The number of likely N-dealkylation sites (tertiary alicyclic amines) is 1. The molecule has 0 saturated carbocycles. The lowest BCUT2D eigenvalue weighted by atomic mass is 10.1. The number of carbonyl (C=O) groups excluding carboxylic acids is 1. The van der Waals surface area contributed by atoms with Gasteiger partial charge in [-0.15, -0.1) is 0 Å². The van der Waals surface area contributed by atoms with Crippen molar-refractivity contribution in [2.24, 2.45) is 0 Å². The molecule has 0 bridgehead atoms. The van der Waals surface area contributed by atoms with Crippen molar-refractivity contribution >= 4 is 5.91 Å². The molecule has 1 atom stereocenters. The predicted octanol–water partition coefficient (Wildman–Crippen LogP) is 3.72. The zero-order valence-corrected chi connectivity index (χ0v) is 15.8. The summed E-state index contributed by atoms with van der Waals surface area (Å²) in [6, 6.07) is 7.54. The van der Waals surface area contributed by atoms with Gasteiger partial charge in [0.05, 0.1) is 32.4 Å². The summed E-state index contributed by atoms with van der Waals surface area (Å²) in [5.74, 6) is 2.47. The van der Waals surface area contributed by atoms with Crippen LogP contribution in [0.2, 0.25) is 0 Å². The van der Waals surface area contributed by atoms with Crippen LogP contribution in [0.3, 0.4) is 0 Å². The average Bonchev–Trinajstić information content (AvgIpc) is 3.30. The lowest BCUT2D eigenvalue weighted by Gasteiger charge is -2.23. The number of rotatable bonds is 6. The Hall–Kier alpha value is -2.50. The Morgan fingerprint density at radius 1 is 1.27 bits per heavy atom. The van der Waals surface area contributed by atoms with E-state index in [2.05, 4.69) is 19.0 Å². The molecule has 3 rings (SSSR count). The quantitative estimate of drug-likeness (QED) is 0.787. The SMILES string of the molecule is COc1ccc(CC(=O)N2CCCC2c2cc(C(C)C)no2)cc1OC. The van der Waals surface area contributed by atoms with Crippen LogP contribution in [-0.2, 0) is 11.2 Å². The molecular weight excluding hydrogens is 332 g/mol. The molecule has 2 heterocycles. The van der Waals surface area contributed by atoms with E-state index in [4.69, 9.17) is 14.0 Å². The van der Waals surface area contributed by atoms with Gasteiger partial charge in [0.2, 0.25) is 5.91 Å². The van der Waals surface area contributed by atoms with E-state index in [0.29, 0.717) is 23.8 Å². The Bertz CT molecular complexity index is 769. The monoisotopic (exact) mass is 358 g/mol. The summed E-state index contributed by atoms with van der Waals surface area (Å²) in [5, 5.41) is 4.14. The number of benzene rings is 1. The van der Waals surface area contributed by atoms with Crippen LogP contribution in [0.4, 0.5) is 0 Å². The highest BCUT2D eigenvalue weighted by Gasteiger charge is 2.33. The molecular formula is C20H26N2O4. The smallest absolute Gasteiger partial charge is 0.227 e. The first-order valence-electron chi connectivity index (χ1n) is 9.00. The molecule has 26 heavy (non-hydrogen) atoms. The van der Waals surface area contributed by atoms with E-state index in [1.54, 1.807) is 14.2 Å². The van der Waals surface area contributed by atoms with Crippen LogP contribution in [0.25, 0.3) is 0 Å². The van der Waals surface area contributed by atoms with E-state index >= 15 is 0 Å². The molecule has 6 nitrogen and oxygen atoms in total. The molecule has 1 aromatic carbocycles. The number of ether oxygens (including phenoxy) is 2. The molecule has 0 N–H and O–H groups in total. The molecule has 6 heteroatoms. The van der Waals surface area contributed by atoms with Crippen LogP contribution in [0, 0.1) is 0 Å². The maximum atomic E-state index is 12.9. The largest absolute Gasteiger partial charge is 0.493 e. The molecule has 1 aliphatic rings. The number of hydrogen-bond donors (Lipinski definition) is 0. The van der Waals surface area contributed by atoms with Gasteiger partial charge in [-0.3, -0.25) is 4.79 Å². The fourth-order valence-corrected chi connectivity index (χ4v) is 3.36. The van der Waals surface area contributed by atoms with Crippen LogP contribution < -0.4 is 9.47 Å². The van der Waals surface area contributed by atoms with Crippen molar-refractivity contribution in [2.75, 3.05) is 20.8 Å². The number of methoxy groups -OCH3 is 2.